The second-order valence-corrected chi connectivity index (χ2v) is 9.09. The Balaban J connectivity index is 1.92. The zero-order chi connectivity index (χ0) is 18.0. The van der Waals surface area contributed by atoms with Gasteiger partial charge in [-0.3, -0.25) is 4.79 Å². The first kappa shape index (κ1) is 18.0. The molecule has 1 aliphatic heterocycles. The van der Waals surface area contributed by atoms with Crippen LogP contribution in [-0.2, 0) is 16.4 Å². The third-order valence-electron chi connectivity index (χ3n) is 4.49. The molecule has 0 N–H and O–H groups in total. The van der Waals surface area contributed by atoms with Crippen LogP contribution in [0.25, 0.3) is 0 Å². The summed E-state index contributed by atoms with van der Waals surface area (Å²) in [5, 5.41) is 0.377. The highest BCUT2D eigenvalue weighted by Gasteiger charge is 2.35. The molecule has 0 saturated carbocycles. The molecule has 6 heteroatoms. The lowest BCUT2D eigenvalue weighted by atomic mass is 10.1. The number of hydrogen-bond donors (Lipinski definition) is 0. The van der Waals surface area contributed by atoms with Crippen molar-refractivity contribution in [2.75, 3.05) is 11.5 Å². The monoisotopic (exact) mass is 377 g/mol. The summed E-state index contributed by atoms with van der Waals surface area (Å²) in [6, 6.07) is 14.4. The van der Waals surface area contributed by atoms with Gasteiger partial charge < -0.3 is 4.90 Å². The first-order valence-corrected chi connectivity index (χ1v) is 10.4. The average Bonchev–Trinajstić information content (AvgIpc) is 2.94. The number of nitrogens with zero attached hydrogens (tertiary/aromatic N) is 1. The normalized spacial score (nSPS) is 18.9. The van der Waals surface area contributed by atoms with E-state index in [4.69, 9.17) is 11.6 Å². The van der Waals surface area contributed by atoms with Crippen LogP contribution in [0.4, 0.5) is 0 Å². The van der Waals surface area contributed by atoms with Gasteiger partial charge in [-0.15, -0.1) is 0 Å². The van der Waals surface area contributed by atoms with Gasteiger partial charge in [-0.05, 0) is 31.0 Å². The van der Waals surface area contributed by atoms with Crippen LogP contribution >= 0.6 is 11.6 Å². The molecule has 2 aromatic carbocycles. The van der Waals surface area contributed by atoms with Crippen LogP contribution in [0.15, 0.2) is 48.5 Å². The van der Waals surface area contributed by atoms with Crippen LogP contribution in [0.2, 0.25) is 5.02 Å². The fraction of sp³-hybridized carbons (Fsp3) is 0.316. The van der Waals surface area contributed by atoms with E-state index in [-0.39, 0.29) is 23.5 Å². The average molecular weight is 378 g/mol. The largest absolute Gasteiger partial charge is 0.330 e. The molecule has 0 bridgehead atoms. The van der Waals surface area contributed by atoms with Crippen molar-refractivity contribution >= 4 is 27.3 Å². The Labute approximate surface area is 153 Å². The summed E-state index contributed by atoms with van der Waals surface area (Å²) in [6.07, 6.45) is 0.463. The van der Waals surface area contributed by atoms with E-state index < -0.39 is 9.84 Å². The quantitative estimate of drug-likeness (QED) is 0.819. The molecule has 0 aromatic heterocycles. The maximum Gasteiger partial charge on any atom is 0.255 e. The Kier molecular flexibility index (Phi) is 5.16. The van der Waals surface area contributed by atoms with Crippen molar-refractivity contribution in [1.82, 2.24) is 4.90 Å². The van der Waals surface area contributed by atoms with Crippen LogP contribution in [0.1, 0.15) is 27.9 Å². The van der Waals surface area contributed by atoms with Gasteiger partial charge in [0.2, 0.25) is 0 Å². The molecule has 1 aliphatic rings. The number of rotatable bonds is 4. The highest BCUT2D eigenvalue weighted by Crippen LogP contribution is 2.25. The Morgan fingerprint density at radius 1 is 1.16 bits per heavy atom. The molecule has 132 valence electrons. The number of carbonyl (C=O) groups is 1. The molecule has 1 fully saturated rings. The van der Waals surface area contributed by atoms with Gasteiger partial charge in [-0.2, -0.15) is 0 Å². The van der Waals surface area contributed by atoms with Crippen molar-refractivity contribution < 1.29 is 13.2 Å². The lowest BCUT2D eigenvalue weighted by Gasteiger charge is -2.29. The molecule has 0 radical (unpaired) electrons. The predicted molar refractivity (Wildman–Crippen MR) is 99.6 cm³/mol. The first-order chi connectivity index (χ1) is 11.9. The first-order valence-electron chi connectivity index (χ1n) is 8.17. The van der Waals surface area contributed by atoms with Crippen molar-refractivity contribution in [3.63, 3.8) is 0 Å². The molecule has 25 heavy (non-hydrogen) atoms. The summed E-state index contributed by atoms with van der Waals surface area (Å²) in [7, 11) is -3.09. The third-order valence-corrected chi connectivity index (χ3v) is 6.57. The zero-order valence-corrected chi connectivity index (χ0v) is 15.6. The van der Waals surface area contributed by atoms with Crippen LogP contribution in [0.5, 0.6) is 0 Å². The van der Waals surface area contributed by atoms with Crippen LogP contribution in [0.3, 0.4) is 0 Å². The molecule has 0 spiro atoms. The number of halogens is 1. The fourth-order valence-corrected chi connectivity index (χ4v) is 5.01. The van der Waals surface area contributed by atoms with Crippen molar-refractivity contribution in [2.45, 2.75) is 25.9 Å². The minimum Gasteiger partial charge on any atom is -0.330 e. The van der Waals surface area contributed by atoms with Gasteiger partial charge in [0.05, 0.1) is 22.1 Å². The van der Waals surface area contributed by atoms with Gasteiger partial charge in [0.15, 0.2) is 9.84 Å². The van der Waals surface area contributed by atoms with E-state index in [1.54, 1.807) is 29.2 Å². The van der Waals surface area contributed by atoms with E-state index in [1.165, 1.54) is 0 Å². The summed E-state index contributed by atoms with van der Waals surface area (Å²) in [5.41, 5.74) is 2.51. The van der Waals surface area contributed by atoms with Crippen LogP contribution in [-0.4, -0.2) is 36.8 Å². The van der Waals surface area contributed by atoms with E-state index in [2.05, 4.69) is 0 Å². The molecule has 4 nitrogen and oxygen atoms in total. The molecule has 1 saturated heterocycles. The highest BCUT2D eigenvalue weighted by atomic mass is 35.5. The number of amides is 1. The molecule has 2 aromatic rings. The number of hydrogen-bond acceptors (Lipinski definition) is 3. The van der Waals surface area contributed by atoms with Crippen molar-refractivity contribution in [3.05, 3.63) is 70.2 Å². The zero-order valence-electron chi connectivity index (χ0n) is 14.0. The number of benzene rings is 2. The van der Waals surface area contributed by atoms with E-state index in [1.807, 2.05) is 31.2 Å². The van der Waals surface area contributed by atoms with E-state index >= 15 is 0 Å². The summed E-state index contributed by atoms with van der Waals surface area (Å²) in [5.74, 6) is -0.0966. The Morgan fingerprint density at radius 3 is 2.44 bits per heavy atom. The molecule has 1 heterocycles. The molecule has 1 amide bonds. The standard InChI is InChI=1S/C19H20ClNO3S/c1-14-6-8-15(9-7-14)12-21(16-10-11-25(23,24)13-16)19(22)17-4-2-3-5-18(17)20/h2-9,16H,10-13H2,1H3/t16-/m1/s1. The minimum absolute atomic E-state index is 0.00898. The Bertz CT molecular complexity index is 878. The van der Waals surface area contributed by atoms with E-state index in [0.29, 0.717) is 23.6 Å². The Hall–Kier alpha value is -1.85. The number of carbonyl (C=O) groups excluding carboxylic acids is 1. The highest BCUT2D eigenvalue weighted by molar-refractivity contribution is 7.91. The lowest BCUT2D eigenvalue weighted by molar-refractivity contribution is 0.0681. The van der Waals surface area contributed by atoms with Crippen LogP contribution in [0, 0.1) is 6.92 Å². The maximum atomic E-state index is 13.1. The van der Waals surface area contributed by atoms with Crippen molar-refractivity contribution in [3.8, 4) is 0 Å². The minimum atomic E-state index is -3.09. The SMILES string of the molecule is Cc1ccc(CN(C(=O)c2ccccc2Cl)[C@@H]2CCS(=O)(=O)C2)cc1. The second-order valence-electron chi connectivity index (χ2n) is 6.46. The molecule has 3 rings (SSSR count). The summed E-state index contributed by atoms with van der Waals surface area (Å²) < 4.78 is 23.8. The summed E-state index contributed by atoms with van der Waals surface area (Å²) in [6.45, 7) is 2.37. The Morgan fingerprint density at radius 2 is 1.84 bits per heavy atom. The van der Waals surface area contributed by atoms with E-state index in [9.17, 15) is 13.2 Å². The van der Waals surface area contributed by atoms with Crippen LogP contribution < -0.4 is 0 Å². The lowest BCUT2D eigenvalue weighted by Crippen LogP contribution is -2.40. The summed E-state index contributed by atoms with van der Waals surface area (Å²) >= 11 is 6.18. The molecule has 0 aliphatic carbocycles. The van der Waals surface area contributed by atoms with Crippen molar-refractivity contribution in [2.24, 2.45) is 0 Å². The topological polar surface area (TPSA) is 54.5 Å². The van der Waals surface area contributed by atoms with Gasteiger partial charge >= 0.3 is 0 Å². The van der Waals surface area contributed by atoms with Gasteiger partial charge in [-0.1, -0.05) is 53.6 Å². The number of aryl methyl sites for hydroxylation is 1. The van der Waals surface area contributed by atoms with Gasteiger partial charge in [-0.25, -0.2) is 8.42 Å². The maximum absolute atomic E-state index is 13.1. The van der Waals surface area contributed by atoms with Gasteiger partial charge in [0, 0.05) is 12.6 Å². The van der Waals surface area contributed by atoms with Crippen molar-refractivity contribution in [1.29, 1.82) is 0 Å². The molecular formula is C19H20ClNO3S. The number of sulfone groups is 1. The van der Waals surface area contributed by atoms with E-state index in [0.717, 1.165) is 11.1 Å². The molecular weight excluding hydrogens is 358 g/mol. The fourth-order valence-electron chi connectivity index (χ4n) is 3.07. The van der Waals surface area contributed by atoms with Gasteiger partial charge in [0.1, 0.15) is 0 Å². The predicted octanol–water partition coefficient (Wildman–Crippen LogP) is 3.48. The summed E-state index contributed by atoms with van der Waals surface area (Å²) in [4.78, 5) is 14.7. The molecule has 1 atom stereocenters. The second kappa shape index (κ2) is 7.18. The van der Waals surface area contributed by atoms with Gasteiger partial charge in [0.25, 0.3) is 5.91 Å². The molecule has 0 unspecified atom stereocenters. The smallest absolute Gasteiger partial charge is 0.255 e. The third kappa shape index (κ3) is 4.22.